The third kappa shape index (κ3) is 13.1. The zero-order valence-electron chi connectivity index (χ0n) is 30.0. The van der Waals surface area contributed by atoms with Gasteiger partial charge in [-0.3, -0.25) is 0 Å². The summed E-state index contributed by atoms with van der Waals surface area (Å²) in [5, 5.41) is 10.6. The average Bonchev–Trinajstić information content (AvgIpc) is 3.14. The smallest absolute Gasteiger partial charge is 0.422 e. The number of methoxy groups -OCH3 is 2. The minimum Gasteiger partial charge on any atom is -0.461 e. The number of aliphatic hydroxyl groups is 1. The van der Waals surface area contributed by atoms with Gasteiger partial charge < -0.3 is 38.3 Å². The third-order valence-electron chi connectivity index (χ3n) is 7.02. The number of halogens is 6. The maximum atomic E-state index is 12.9. The molecular formula is C39H32F6O12. The van der Waals surface area contributed by atoms with Crippen molar-refractivity contribution in [2.24, 2.45) is 0 Å². The van der Waals surface area contributed by atoms with Crippen LogP contribution in [0.15, 0.2) is 115 Å². The van der Waals surface area contributed by atoms with Gasteiger partial charge in [0, 0.05) is 25.3 Å². The molecule has 12 nitrogen and oxygen atoms in total. The van der Waals surface area contributed by atoms with Gasteiger partial charge in [0.25, 0.3) is 0 Å². The molecule has 1 N–H and O–H groups in total. The lowest BCUT2D eigenvalue weighted by atomic mass is 10.0. The molecule has 0 amide bonds. The molecule has 18 heteroatoms. The number of hydrogen-bond donors (Lipinski definition) is 1. The van der Waals surface area contributed by atoms with E-state index >= 15 is 0 Å². The van der Waals surface area contributed by atoms with Gasteiger partial charge in [-0.1, -0.05) is 38.4 Å². The summed E-state index contributed by atoms with van der Waals surface area (Å²) >= 11 is 0. The third-order valence-corrected chi connectivity index (χ3v) is 7.02. The predicted octanol–water partition coefficient (Wildman–Crippen LogP) is 7.03. The molecule has 0 saturated heterocycles. The van der Waals surface area contributed by atoms with Crippen LogP contribution < -0.4 is 23.7 Å². The summed E-state index contributed by atoms with van der Waals surface area (Å²) in [6.07, 6.45) is -9.52. The molecule has 0 bridgehead atoms. The number of carbonyl (C=O) groups is 4. The number of hydrogen-bond acceptors (Lipinski definition) is 12. The highest BCUT2D eigenvalue weighted by Gasteiger charge is 2.39. The molecule has 0 spiro atoms. The molecule has 3 rings (SSSR count). The van der Waals surface area contributed by atoms with Crippen molar-refractivity contribution < 1.29 is 83.8 Å². The number of rotatable bonds is 17. The number of alkyl halides is 6. The van der Waals surface area contributed by atoms with Crippen LogP contribution in [0.4, 0.5) is 26.3 Å². The number of benzene rings is 3. The lowest BCUT2D eigenvalue weighted by molar-refractivity contribution is -0.143. The minimum atomic E-state index is -5.03. The predicted molar refractivity (Wildman–Crippen MR) is 189 cm³/mol. The topological polar surface area (TPSA) is 153 Å². The molecule has 1 atom stereocenters. The van der Waals surface area contributed by atoms with Crippen molar-refractivity contribution in [2.75, 3.05) is 27.4 Å². The summed E-state index contributed by atoms with van der Waals surface area (Å²) in [5.41, 5.74) is -3.45. The van der Waals surface area contributed by atoms with E-state index in [2.05, 4.69) is 31.1 Å². The van der Waals surface area contributed by atoms with Gasteiger partial charge in [-0.25, -0.2) is 19.2 Å². The minimum absolute atomic E-state index is 0.0107. The Balaban J connectivity index is 2.02. The standard InChI is InChI=1S/C39H32F6O12/c1-21(19-51-5)34(47)56-31-18-30(25-7-10-28(11-8-25)54-36(49)23(3)38(40,41)42)32(57-35(48)22(2)20-52-6)17-26(31)9-16-33(46)53-27-12-14-29(15-13-27)55-37(50)24(4)39(43,44)45/h7-18,33,46H,1-4,19-20H2,5-6H3/b16-9+. The molecule has 0 fully saturated rings. The Morgan fingerprint density at radius 1 is 0.632 bits per heavy atom. The molecular weight excluding hydrogens is 774 g/mol. The molecule has 3 aromatic rings. The van der Waals surface area contributed by atoms with Crippen molar-refractivity contribution in [2.45, 2.75) is 18.6 Å². The van der Waals surface area contributed by atoms with Crippen LogP contribution in [0.5, 0.6) is 28.7 Å². The van der Waals surface area contributed by atoms with Gasteiger partial charge >= 0.3 is 36.2 Å². The summed E-state index contributed by atoms with van der Waals surface area (Å²) in [6.45, 7) is 12.1. The van der Waals surface area contributed by atoms with E-state index in [-0.39, 0.29) is 69.8 Å². The maximum absolute atomic E-state index is 12.9. The summed E-state index contributed by atoms with van der Waals surface area (Å²) in [7, 11) is 2.61. The van der Waals surface area contributed by atoms with Crippen LogP contribution in [-0.4, -0.2) is 75.1 Å². The number of ether oxygens (including phenoxy) is 7. The number of carbonyl (C=O) groups excluding carboxylic acids is 4. The lowest BCUT2D eigenvalue weighted by Gasteiger charge is -2.17. The summed E-state index contributed by atoms with van der Waals surface area (Å²) in [6, 6.07) is 11.8. The van der Waals surface area contributed by atoms with E-state index in [1.165, 1.54) is 56.7 Å². The second-order valence-electron chi connectivity index (χ2n) is 11.3. The Morgan fingerprint density at radius 3 is 1.49 bits per heavy atom. The fourth-order valence-electron chi connectivity index (χ4n) is 4.14. The van der Waals surface area contributed by atoms with E-state index in [0.717, 1.165) is 30.3 Å². The van der Waals surface area contributed by atoms with E-state index in [9.17, 15) is 50.6 Å². The highest BCUT2D eigenvalue weighted by Crippen LogP contribution is 2.39. The van der Waals surface area contributed by atoms with Crippen molar-refractivity contribution >= 4 is 30.0 Å². The quantitative estimate of drug-likeness (QED) is 0.0490. The van der Waals surface area contributed by atoms with Gasteiger partial charge in [-0.15, -0.1) is 0 Å². The lowest BCUT2D eigenvalue weighted by Crippen LogP contribution is -2.23. The Morgan fingerprint density at radius 2 is 1.05 bits per heavy atom. The molecule has 0 aliphatic heterocycles. The van der Waals surface area contributed by atoms with Gasteiger partial charge in [0.15, 0.2) is 0 Å². The van der Waals surface area contributed by atoms with Crippen molar-refractivity contribution in [1.82, 2.24) is 0 Å². The maximum Gasteiger partial charge on any atom is 0.422 e. The first-order chi connectivity index (χ1) is 26.6. The van der Waals surface area contributed by atoms with Crippen molar-refractivity contribution in [3.8, 4) is 39.9 Å². The van der Waals surface area contributed by atoms with Crippen LogP contribution >= 0.6 is 0 Å². The van der Waals surface area contributed by atoms with Gasteiger partial charge in [0.1, 0.15) is 39.9 Å². The Hall–Kier alpha value is -6.50. The van der Waals surface area contributed by atoms with Crippen LogP contribution in [0.2, 0.25) is 0 Å². The van der Waals surface area contributed by atoms with Crippen molar-refractivity contribution in [3.63, 3.8) is 0 Å². The molecule has 1 unspecified atom stereocenters. The first-order valence-electron chi connectivity index (χ1n) is 15.8. The van der Waals surface area contributed by atoms with Crippen molar-refractivity contribution in [3.05, 3.63) is 121 Å². The largest absolute Gasteiger partial charge is 0.461 e. The molecule has 0 aliphatic carbocycles. The Bertz CT molecular complexity index is 2060. The Kier molecular flexibility index (Phi) is 15.3. The summed E-state index contributed by atoms with van der Waals surface area (Å²) < 4.78 is 113. The molecule has 0 saturated carbocycles. The summed E-state index contributed by atoms with van der Waals surface area (Å²) in [4.78, 5) is 49.5. The molecule has 0 aromatic heterocycles. The normalized spacial score (nSPS) is 11.9. The highest BCUT2D eigenvalue weighted by atomic mass is 19.4. The van der Waals surface area contributed by atoms with Gasteiger partial charge in [-0.2, -0.15) is 26.3 Å². The number of aliphatic hydroxyl groups excluding tert-OH is 1. The molecule has 3 aromatic carbocycles. The van der Waals surface area contributed by atoms with Gasteiger partial charge in [-0.05, 0) is 66.2 Å². The van der Waals surface area contributed by atoms with E-state index in [1.54, 1.807) is 0 Å². The first kappa shape index (κ1) is 44.9. The number of esters is 4. The second-order valence-corrected chi connectivity index (χ2v) is 11.3. The van der Waals surface area contributed by atoms with E-state index in [1.807, 2.05) is 0 Å². The van der Waals surface area contributed by atoms with E-state index in [4.69, 9.17) is 28.4 Å². The zero-order valence-corrected chi connectivity index (χ0v) is 30.0. The molecule has 0 radical (unpaired) electrons. The fraction of sp³-hybridized carbons (Fsp3) is 0.179. The molecule has 0 heterocycles. The van der Waals surface area contributed by atoms with Crippen LogP contribution in [0.25, 0.3) is 17.2 Å². The molecule has 0 aliphatic rings. The Labute approximate surface area is 320 Å². The van der Waals surface area contributed by atoms with Crippen LogP contribution in [0, 0.1) is 0 Å². The fourth-order valence-corrected chi connectivity index (χ4v) is 4.14. The van der Waals surface area contributed by atoms with E-state index in [0.29, 0.717) is 0 Å². The first-order valence-corrected chi connectivity index (χ1v) is 15.8. The van der Waals surface area contributed by atoms with Gasteiger partial charge in [0.2, 0.25) is 6.29 Å². The summed E-state index contributed by atoms with van der Waals surface area (Å²) in [5.74, 6) is -6.43. The monoisotopic (exact) mass is 806 g/mol. The average molecular weight is 807 g/mol. The molecule has 57 heavy (non-hydrogen) atoms. The van der Waals surface area contributed by atoms with Crippen LogP contribution in [0.3, 0.4) is 0 Å². The zero-order chi connectivity index (χ0) is 42.7. The van der Waals surface area contributed by atoms with Crippen LogP contribution in [0.1, 0.15) is 5.56 Å². The van der Waals surface area contributed by atoms with E-state index < -0.39 is 53.7 Å². The second kappa shape index (κ2) is 19.4. The van der Waals surface area contributed by atoms with Crippen molar-refractivity contribution in [1.29, 1.82) is 0 Å². The highest BCUT2D eigenvalue weighted by molar-refractivity contribution is 5.94. The van der Waals surface area contributed by atoms with Crippen LogP contribution in [-0.2, 0) is 28.7 Å². The molecule has 302 valence electrons. The SMILES string of the molecule is C=C(COC)C(=O)Oc1cc(-c2ccc(OC(=O)C(=C)C(F)(F)F)cc2)c(OC(=O)C(=C)COC)cc1/C=C/C(O)Oc1ccc(OC(=O)C(=C)C(F)(F)F)cc1. The van der Waals surface area contributed by atoms with Gasteiger partial charge in [0.05, 0.1) is 24.4 Å².